The number of hydrogen-bond donors (Lipinski definition) is 1. The molecular formula is C30H34N6O. The Bertz CT molecular complexity index is 1360. The lowest BCUT2D eigenvalue weighted by atomic mass is 9.77. The van der Waals surface area contributed by atoms with Crippen molar-refractivity contribution < 1.29 is 4.79 Å². The van der Waals surface area contributed by atoms with Crippen LogP contribution in [0.15, 0.2) is 67.7 Å². The number of carbonyl (C=O) groups is 1. The number of rotatable bonds is 6. The third-order valence-electron chi connectivity index (χ3n) is 7.68. The fraction of sp³-hybridized carbons (Fsp3) is 0.333. The summed E-state index contributed by atoms with van der Waals surface area (Å²) < 4.78 is 0. The lowest BCUT2D eigenvalue weighted by Crippen LogP contribution is -2.43. The molecule has 2 saturated heterocycles. The lowest BCUT2D eigenvalue weighted by molar-refractivity contribution is -0.127. The van der Waals surface area contributed by atoms with Crippen molar-refractivity contribution in [1.29, 1.82) is 0 Å². The van der Waals surface area contributed by atoms with Crippen LogP contribution in [0.4, 0.5) is 17.3 Å². The Hall–Kier alpha value is -3.84. The van der Waals surface area contributed by atoms with Crippen LogP contribution < -0.4 is 10.2 Å². The summed E-state index contributed by atoms with van der Waals surface area (Å²) in [6, 6.07) is 10.3. The van der Waals surface area contributed by atoms with Gasteiger partial charge < -0.3 is 15.1 Å². The number of pyridine rings is 1. The molecule has 190 valence electrons. The monoisotopic (exact) mass is 494 g/mol. The third-order valence-corrected chi connectivity index (χ3v) is 7.68. The topological polar surface area (TPSA) is 74.2 Å². The zero-order chi connectivity index (χ0) is 26.0. The van der Waals surface area contributed by atoms with Gasteiger partial charge in [0.2, 0.25) is 11.9 Å². The van der Waals surface area contributed by atoms with Crippen LogP contribution in [0.3, 0.4) is 0 Å². The molecule has 1 aromatic carbocycles. The predicted molar refractivity (Wildman–Crippen MR) is 150 cm³/mol. The molecule has 0 aliphatic carbocycles. The van der Waals surface area contributed by atoms with Gasteiger partial charge in [-0.15, -0.1) is 0 Å². The molecule has 4 heterocycles. The van der Waals surface area contributed by atoms with Gasteiger partial charge >= 0.3 is 0 Å². The molecule has 2 fully saturated rings. The molecule has 5 rings (SSSR count). The van der Waals surface area contributed by atoms with Crippen molar-refractivity contribution >= 4 is 28.8 Å². The molecule has 0 unspecified atom stereocenters. The summed E-state index contributed by atoms with van der Waals surface area (Å²) in [6.45, 7) is 10.6. The molecule has 3 aromatic rings. The van der Waals surface area contributed by atoms with Crippen LogP contribution in [0, 0.1) is 12.3 Å². The van der Waals surface area contributed by atoms with E-state index in [4.69, 9.17) is 4.98 Å². The van der Waals surface area contributed by atoms with Crippen LogP contribution in [0.25, 0.3) is 16.8 Å². The molecule has 1 amide bonds. The average Bonchev–Trinajstić information content (AvgIpc) is 3.23. The molecule has 37 heavy (non-hydrogen) atoms. The molecule has 0 radical (unpaired) electrons. The number of aromatic nitrogens is 3. The van der Waals surface area contributed by atoms with Crippen LogP contribution in [-0.2, 0) is 4.79 Å². The van der Waals surface area contributed by atoms with Crippen molar-refractivity contribution in [3.63, 3.8) is 0 Å². The van der Waals surface area contributed by atoms with Gasteiger partial charge in [0.25, 0.3) is 0 Å². The average molecular weight is 495 g/mol. The normalized spacial score (nSPS) is 17.9. The van der Waals surface area contributed by atoms with E-state index in [9.17, 15) is 4.79 Å². The molecule has 0 bridgehead atoms. The highest BCUT2D eigenvalue weighted by molar-refractivity contribution is 6.00. The fourth-order valence-corrected chi connectivity index (χ4v) is 5.33. The number of aryl methyl sites for hydroxylation is 1. The minimum Gasteiger partial charge on any atom is -0.323 e. The van der Waals surface area contributed by atoms with Gasteiger partial charge in [-0.25, -0.2) is 9.97 Å². The summed E-state index contributed by atoms with van der Waals surface area (Å²) in [5, 5.41) is 3.30. The van der Waals surface area contributed by atoms with E-state index in [0.29, 0.717) is 5.95 Å². The highest BCUT2D eigenvalue weighted by Gasteiger charge is 2.48. The maximum Gasteiger partial charge on any atom is 0.233 e. The van der Waals surface area contributed by atoms with E-state index in [1.165, 1.54) is 0 Å². The first-order valence-electron chi connectivity index (χ1n) is 12.8. The number of benzene rings is 1. The first-order valence-corrected chi connectivity index (χ1v) is 12.8. The zero-order valence-electron chi connectivity index (χ0n) is 21.9. The van der Waals surface area contributed by atoms with Crippen LogP contribution in [0.2, 0.25) is 0 Å². The van der Waals surface area contributed by atoms with Gasteiger partial charge in [0.15, 0.2) is 0 Å². The van der Waals surface area contributed by atoms with Crippen molar-refractivity contribution in [1.82, 2.24) is 19.9 Å². The second-order valence-electron chi connectivity index (χ2n) is 10.2. The number of anilines is 3. The van der Waals surface area contributed by atoms with Crippen molar-refractivity contribution in [2.75, 3.05) is 36.9 Å². The second kappa shape index (κ2) is 10.3. The molecule has 0 saturated carbocycles. The molecule has 0 atom stereocenters. The number of hydrogen-bond acceptors (Lipinski definition) is 6. The Morgan fingerprint density at radius 3 is 2.68 bits per heavy atom. The van der Waals surface area contributed by atoms with Crippen molar-refractivity contribution in [3.05, 3.63) is 78.8 Å². The molecule has 1 spiro atoms. The Labute approximate surface area is 219 Å². The molecule has 7 heteroatoms. The van der Waals surface area contributed by atoms with Crippen LogP contribution in [0.5, 0.6) is 0 Å². The minimum atomic E-state index is -0.224. The summed E-state index contributed by atoms with van der Waals surface area (Å²) in [5.41, 5.74) is 6.50. The van der Waals surface area contributed by atoms with Gasteiger partial charge in [0, 0.05) is 18.3 Å². The molecule has 1 N–H and O–H groups in total. The highest BCUT2D eigenvalue weighted by Crippen LogP contribution is 2.43. The quantitative estimate of drug-likeness (QED) is 0.448. The first-order chi connectivity index (χ1) is 17.9. The minimum absolute atomic E-state index is 0.224. The van der Waals surface area contributed by atoms with Crippen LogP contribution in [-0.4, -0.2) is 52.4 Å². The van der Waals surface area contributed by atoms with Crippen LogP contribution in [0.1, 0.15) is 37.3 Å². The number of piperidine rings is 1. The van der Waals surface area contributed by atoms with Crippen molar-refractivity contribution in [2.45, 2.75) is 33.1 Å². The predicted octanol–water partition coefficient (Wildman–Crippen LogP) is 5.63. The van der Waals surface area contributed by atoms with E-state index >= 15 is 0 Å². The molecule has 7 nitrogen and oxygen atoms in total. The Balaban J connectivity index is 1.37. The van der Waals surface area contributed by atoms with E-state index in [1.807, 2.05) is 36.2 Å². The summed E-state index contributed by atoms with van der Waals surface area (Å²) in [4.78, 5) is 31.4. The number of nitrogens with one attached hydrogen (secondary N) is 1. The largest absolute Gasteiger partial charge is 0.323 e. The van der Waals surface area contributed by atoms with E-state index < -0.39 is 0 Å². The number of allylic oxidation sites excluding steroid dienone is 3. The van der Waals surface area contributed by atoms with Gasteiger partial charge in [-0.1, -0.05) is 36.9 Å². The Morgan fingerprint density at radius 1 is 1.11 bits per heavy atom. The molecule has 2 aliphatic rings. The van der Waals surface area contributed by atoms with Gasteiger partial charge in [-0.2, -0.15) is 0 Å². The zero-order valence-corrected chi connectivity index (χ0v) is 21.9. The number of carbonyl (C=O) groups excluding carboxylic acids is 1. The molecule has 2 aliphatic heterocycles. The Kier molecular flexibility index (Phi) is 6.89. The number of likely N-dealkylation sites (tertiary alicyclic amines) is 1. The number of nitrogens with zero attached hydrogens (tertiary/aromatic N) is 5. The summed E-state index contributed by atoms with van der Waals surface area (Å²) in [5.74, 6) is 0.719. The summed E-state index contributed by atoms with van der Waals surface area (Å²) in [6.07, 6.45) is 11.9. The Morgan fingerprint density at radius 2 is 1.89 bits per heavy atom. The number of amides is 1. The molecule has 2 aromatic heterocycles. The standard InChI is InChI=1S/C30H34N6O/c1-5-7-21(2)23-8-6-9-24(16-23)27-22(3)18-32-29(34-27)33-25-17-26(20-31-19-25)36-15-12-30(28(36)37)10-13-35(4)14-11-30/h5-9,16-20H,1,10-15H2,2-4H3,(H,32,33,34)/b21-7+. The highest BCUT2D eigenvalue weighted by atomic mass is 16.2. The van der Waals surface area contributed by atoms with E-state index in [-0.39, 0.29) is 11.3 Å². The molecular weight excluding hydrogens is 460 g/mol. The van der Waals surface area contributed by atoms with Gasteiger partial charge in [0.1, 0.15) is 0 Å². The van der Waals surface area contributed by atoms with E-state index in [2.05, 4.69) is 58.9 Å². The smallest absolute Gasteiger partial charge is 0.233 e. The second-order valence-corrected chi connectivity index (χ2v) is 10.2. The van der Waals surface area contributed by atoms with E-state index in [0.717, 1.165) is 78.2 Å². The summed E-state index contributed by atoms with van der Waals surface area (Å²) in [7, 11) is 2.12. The SMILES string of the molecule is C=C/C=C(\C)c1cccc(-c2nc(Nc3cncc(N4CCC5(CCN(C)CC5)C4=O)c3)ncc2C)c1. The maximum atomic E-state index is 13.4. The third kappa shape index (κ3) is 5.04. The van der Waals surface area contributed by atoms with Gasteiger partial charge in [-0.05, 0) is 82.1 Å². The van der Waals surface area contributed by atoms with Gasteiger partial charge in [0.05, 0.1) is 34.9 Å². The van der Waals surface area contributed by atoms with Gasteiger partial charge in [-0.3, -0.25) is 9.78 Å². The van der Waals surface area contributed by atoms with Crippen molar-refractivity contribution in [2.24, 2.45) is 5.41 Å². The van der Waals surface area contributed by atoms with Crippen LogP contribution >= 0.6 is 0 Å². The first kappa shape index (κ1) is 24.8. The van der Waals surface area contributed by atoms with E-state index in [1.54, 1.807) is 18.5 Å². The van der Waals surface area contributed by atoms with Crippen molar-refractivity contribution in [3.8, 4) is 11.3 Å². The fourth-order valence-electron chi connectivity index (χ4n) is 5.33. The summed E-state index contributed by atoms with van der Waals surface area (Å²) >= 11 is 0. The maximum absolute atomic E-state index is 13.4. The lowest BCUT2D eigenvalue weighted by Gasteiger charge is -2.36.